The Kier molecular flexibility index (Phi) is 5.23. The van der Waals surface area contributed by atoms with E-state index in [4.69, 9.17) is 0 Å². The van der Waals surface area contributed by atoms with Crippen LogP contribution in [-0.2, 0) is 23.3 Å². The van der Waals surface area contributed by atoms with E-state index in [1.807, 2.05) is 0 Å². The molecule has 0 spiro atoms. The molecule has 7 heteroatoms. The van der Waals surface area contributed by atoms with Crippen molar-refractivity contribution in [2.24, 2.45) is 7.05 Å². The Morgan fingerprint density at radius 1 is 1.21 bits per heavy atom. The summed E-state index contributed by atoms with van der Waals surface area (Å²) >= 11 is 0. The number of sulfone groups is 1. The van der Waals surface area contributed by atoms with Crippen molar-refractivity contribution in [2.75, 3.05) is 12.8 Å². The van der Waals surface area contributed by atoms with Gasteiger partial charge in [0.2, 0.25) is 0 Å². The molecule has 0 radical (unpaired) electrons. The van der Waals surface area contributed by atoms with E-state index in [1.54, 1.807) is 48.9 Å². The molecule has 0 atom stereocenters. The number of pyridine rings is 1. The van der Waals surface area contributed by atoms with Crippen molar-refractivity contribution in [1.29, 1.82) is 0 Å². The summed E-state index contributed by atoms with van der Waals surface area (Å²) in [4.78, 5) is 24.3. The summed E-state index contributed by atoms with van der Waals surface area (Å²) in [5.41, 5.74) is 0.811. The third kappa shape index (κ3) is 3.56. The van der Waals surface area contributed by atoms with E-state index in [0.29, 0.717) is 11.3 Å². The normalized spacial score (nSPS) is 11.3. The molecule has 0 aliphatic carbocycles. The Morgan fingerprint density at radius 2 is 1.83 bits per heavy atom. The highest BCUT2D eigenvalue weighted by atomic mass is 32.2. The first-order chi connectivity index (χ1) is 11.3. The Morgan fingerprint density at radius 3 is 2.42 bits per heavy atom. The molecule has 0 aliphatic heterocycles. The second-order valence-electron chi connectivity index (χ2n) is 5.49. The van der Waals surface area contributed by atoms with E-state index in [-0.39, 0.29) is 34.1 Å². The van der Waals surface area contributed by atoms with Gasteiger partial charge in [-0.05, 0) is 19.1 Å². The maximum Gasteiger partial charge on any atom is 0.268 e. The number of carbonyl (C=O) groups excluding carboxylic acids is 1. The molecule has 2 aromatic rings. The summed E-state index contributed by atoms with van der Waals surface area (Å²) < 4.78 is 26.3. The van der Waals surface area contributed by atoms with E-state index in [9.17, 15) is 18.0 Å². The number of amides is 1. The van der Waals surface area contributed by atoms with Gasteiger partial charge in [0, 0.05) is 37.8 Å². The van der Waals surface area contributed by atoms with E-state index < -0.39 is 9.84 Å². The topological polar surface area (TPSA) is 85.2 Å². The summed E-state index contributed by atoms with van der Waals surface area (Å²) in [6.07, 6.45) is 0.146. The van der Waals surface area contributed by atoms with Gasteiger partial charge in [0.25, 0.3) is 5.91 Å². The monoisotopic (exact) mass is 348 g/mol. The van der Waals surface area contributed by atoms with Crippen LogP contribution in [0.15, 0.2) is 46.1 Å². The molecule has 24 heavy (non-hydrogen) atoms. The Bertz CT molecular complexity index is 916. The van der Waals surface area contributed by atoms with Crippen LogP contribution in [-0.4, -0.2) is 31.7 Å². The van der Waals surface area contributed by atoms with Gasteiger partial charge in [-0.3, -0.25) is 9.59 Å². The number of aryl methyl sites for hydroxylation is 1. The summed E-state index contributed by atoms with van der Waals surface area (Å²) in [5.74, 6) is -0.513. The molecule has 1 N–H and O–H groups in total. The quantitative estimate of drug-likeness (QED) is 0.876. The maximum absolute atomic E-state index is 12.4. The lowest BCUT2D eigenvalue weighted by atomic mass is 10.1. The van der Waals surface area contributed by atoms with E-state index in [1.165, 1.54) is 13.1 Å². The highest BCUT2D eigenvalue weighted by Gasteiger charge is 2.19. The fraction of sp³-hybridized carbons (Fsp3) is 0.294. The van der Waals surface area contributed by atoms with E-state index in [0.717, 1.165) is 0 Å². The van der Waals surface area contributed by atoms with Gasteiger partial charge in [-0.15, -0.1) is 0 Å². The molecule has 0 saturated carbocycles. The molecule has 6 nitrogen and oxygen atoms in total. The van der Waals surface area contributed by atoms with Gasteiger partial charge < -0.3 is 9.88 Å². The molecule has 2 rings (SSSR count). The lowest BCUT2D eigenvalue weighted by Gasteiger charge is -2.15. The number of hydrogen-bond donors (Lipinski definition) is 1. The van der Waals surface area contributed by atoms with Gasteiger partial charge in [-0.1, -0.05) is 18.2 Å². The zero-order chi connectivity index (χ0) is 17.9. The molecule has 1 heterocycles. The minimum Gasteiger partial charge on any atom is -0.354 e. The van der Waals surface area contributed by atoms with Crippen molar-refractivity contribution in [2.45, 2.75) is 18.2 Å². The highest BCUT2D eigenvalue weighted by Crippen LogP contribution is 2.13. The average Bonchev–Trinajstić information content (AvgIpc) is 2.57. The summed E-state index contributed by atoms with van der Waals surface area (Å²) in [6.45, 7) is 1.58. The fourth-order valence-electron chi connectivity index (χ4n) is 2.53. The zero-order valence-electron chi connectivity index (χ0n) is 13.9. The smallest absolute Gasteiger partial charge is 0.268 e. The number of hydrogen-bond acceptors (Lipinski definition) is 4. The molecule has 1 amide bonds. The molecule has 1 aromatic heterocycles. The molecule has 0 bridgehead atoms. The van der Waals surface area contributed by atoms with Crippen molar-refractivity contribution in [3.05, 3.63) is 63.6 Å². The minimum atomic E-state index is -3.45. The molecule has 0 saturated heterocycles. The predicted octanol–water partition coefficient (Wildman–Crippen LogP) is 1.07. The van der Waals surface area contributed by atoms with Crippen LogP contribution < -0.4 is 10.7 Å². The molecular formula is C17H20N2O4S. The van der Waals surface area contributed by atoms with Gasteiger partial charge in [-0.25, -0.2) is 8.42 Å². The van der Waals surface area contributed by atoms with Gasteiger partial charge in [0.1, 0.15) is 5.69 Å². The summed E-state index contributed by atoms with van der Waals surface area (Å²) in [5, 5.41) is 2.50. The van der Waals surface area contributed by atoms with Gasteiger partial charge in [0.05, 0.1) is 10.6 Å². The van der Waals surface area contributed by atoms with Crippen LogP contribution in [0.5, 0.6) is 0 Å². The predicted molar refractivity (Wildman–Crippen MR) is 92.0 cm³/mol. The highest BCUT2D eigenvalue weighted by molar-refractivity contribution is 7.91. The van der Waals surface area contributed by atoms with Crippen molar-refractivity contribution in [1.82, 2.24) is 9.88 Å². The standard InChI is InChI=1S/C17H20N2O4S/c1-12-15(20)11-13(19(3)16(12)17(21)18-2)9-10-24(22,23)14-7-5-4-6-8-14/h4-8,11H,9-10H2,1-3H3,(H,18,21). The van der Waals surface area contributed by atoms with Gasteiger partial charge >= 0.3 is 0 Å². The van der Waals surface area contributed by atoms with Crippen molar-refractivity contribution in [3.8, 4) is 0 Å². The first-order valence-electron chi connectivity index (χ1n) is 7.47. The number of benzene rings is 1. The molecule has 0 aliphatic rings. The van der Waals surface area contributed by atoms with Crippen LogP contribution in [0.2, 0.25) is 0 Å². The Hall–Kier alpha value is -2.41. The third-order valence-electron chi connectivity index (χ3n) is 3.96. The summed E-state index contributed by atoms with van der Waals surface area (Å²) in [6, 6.07) is 9.55. The lowest BCUT2D eigenvalue weighted by Crippen LogP contribution is -2.29. The first kappa shape index (κ1) is 17.9. The SMILES string of the molecule is CNC(=O)c1c(C)c(=O)cc(CCS(=O)(=O)c2ccccc2)n1C. The second-order valence-corrected chi connectivity index (χ2v) is 7.60. The van der Waals surface area contributed by atoms with Crippen LogP contribution in [0, 0.1) is 6.92 Å². The molecular weight excluding hydrogens is 328 g/mol. The Labute approximate surface area is 141 Å². The maximum atomic E-state index is 12.4. The van der Waals surface area contributed by atoms with Gasteiger partial charge in [0.15, 0.2) is 15.3 Å². The molecule has 1 aromatic carbocycles. The molecule has 0 unspecified atom stereocenters. The lowest BCUT2D eigenvalue weighted by molar-refractivity contribution is 0.0953. The minimum absolute atomic E-state index is 0.138. The van der Waals surface area contributed by atoms with E-state index >= 15 is 0 Å². The molecule has 128 valence electrons. The number of rotatable bonds is 5. The summed E-state index contributed by atoms with van der Waals surface area (Å²) in [7, 11) is -0.314. The van der Waals surface area contributed by atoms with Crippen molar-refractivity contribution >= 4 is 15.7 Å². The fourth-order valence-corrected chi connectivity index (χ4v) is 3.82. The van der Waals surface area contributed by atoms with Crippen molar-refractivity contribution in [3.63, 3.8) is 0 Å². The van der Waals surface area contributed by atoms with Crippen LogP contribution >= 0.6 is 0 Å². The van der Waals surface area contributed by atoms with Crippen LogP contribution in [0.3, 0.4) is 0 Å². The zero-order valence-corrected chi connectivity index (χ0v) is 14.7. The van der Waals surface area contributed by atoms with Crippen LogP contribution in [0.1, 0.15) is 21.7 Å². The van der Waals surface area contributed by atoms with Gasteiger partial charge in [-0.2, -0.15) is 0 Å². The molecule has 0 fully saturated rings. The Balaban J connectivity index is 2.36. The van der Waals surface area contributed by atoms with Crippen LogP contribution in [0.4, 0.5) is 0 Å². The largest absolute Gasteiger partial charge is 0.354 e. The number of nitrogens with one attached hydrogen (secondary N) is 1. The number of nitrogens with zero attached hydrogens (tertiary/aromatic N) is 1. The second kappa shape index (κ2) is 7.00. The first-order valence-corrected chi connectivity index (χ1v) is 9.12. The van der Waals surface area contributed by atoms with Crippen molar-refractivity contribution < 1.29 is 13.2 Å². The van der Waals surface area contributed by atoms with Crippen LogP contribution in [0.25, 0.3) is 0 Å². The van der Waals surface area contributed by atoms with E-state index in [2.05, 4.69) is 5.32 Å². The average molecular weight is 348 g/mol. The number of carbonyl (C=O) groups is 1. The third-order valence-corrected chi connectivity index (χ3v) is 5.69. The number of aromatic nitrogens is 1.